The average molecular weight is 677 g/mol. The highest BCUT2D eigenvalue weighted by Crippen LogP contribution is 2.32. The maximum absolute atomic E-state index is 13.7. The van der Waals surface area contributed by atoms with Crippen molar-refractivity contribution in [1.82, 2.24) is 24.6 Å². The number of piperazine rings is 1. The number of carbonyl (C=O) groups excluding carboxylic acids is 1. The Morgan fingerprint density at radius 3 is 2.16 bits per heavy atom. The molecule has 1 fully saturated rings. The number of anilines is 1. The summed E-state index contributed by atoms with van der Waals surface area (Å²) in [6, 6.07) is 6.99. The van der Waals surface area contributed by atoms with E-state index in [0.717, 1.165) is 40.7 Å². The zero-order valence-corrected chi connectivity index (χ0v) is 24.6. The number of hydrogen-bond donors (Lipinski definition) is 1. The zero-order chi connectivity index (χ0) is 32.6. The maximum atomic E-state index is 13.7. The summed E-state index contributed by atoms with van der Waals surface area (Å²) in [4.78, 5) is 27.8. The number of aromatic nitrogens is 3. The van der Waals surface area contributed by atoms with Crippen LogP contribution in [0.2, 0.25) is 0 Å². The molecule has 1 saturated heterocycles. The number of rotatable bonds is 8. The van der Waals surface area contributed by atoms with Crippen LogP contribution < -0.4 is 19.7 Å². The minimum Gasteiger partial charge on any atom is -0.406 e. The van der Waals surface area contributed by atoms with Crippen molar-refractivity contribution in [3.05, 3.63) is 66.1 Å². The molecule has 1 N–H and O–H groups in total. The van der Waals surface area contributed by atoms with Crippen molar-refractivity contribution in [2.45, 2.75) is 37.1 Å². The third-order valence-corrected chi connectivity index (χ3v) is 9.41. The standard InChI is InChI=1S/C26H22F6N6O5S2/c1-15-33-13-21-22(35-15)36-24(44-21)37-10-11-38(45(40,41)19-8-6-18(7-9-19)43-26(30,31)32)20(14-37)23(39)34-12-16-2-4-17(5-3-16)42-25(27,28)29/h2-9,13,20H,10-12,14H2,1H3,(H,34,39)/t20-/m1/s1. The molecule has 0 aliphatic carbocycles. The molecule has 1 atom stereocenters. The number of nitrogens with zero attached hydrogens (tertiary/aromatic N) is 5. The molecule has 3 heterocycles. The number of ether oxygens (including phenoxy) is 2. The Labute approximate surface area is 255 Å². The van der Waals surface area contributed by atoms with E-state index in [1.807, 2.05) is 0 Å². The van der Waals surface area contributed by atoms with E-state index < -0.39 is 46.2 Å². The number of fused-ring (bicyclic) bond motifs is 1. The molecular weight excluding hydrogens is 654 g/mol. The fourth-order valence-electron chi connectivity index (χ4n) is 4.45. The summed E-state index contributed by atoms with van der Waals surface area (Å²) in [7, 11) is -4.41. The lowest BCUT2D eigenvalue weighted by Gasteiger charge is -2.39. The number of benzene rings is 2. The first-order chi connectivity index (χ1) is 21.1. The van der Waals surface area contributed by atoms with Gasteiger partial charge < -0.3 is 19.7 Å². The van der Waals surface area contributed by atoms with E-state index in [1.165, 1.54) is 23.5 Å². The van der Waals surface area contributed by atoms with Crippen molar-refractivity contribution < 1.29 is 49.0 Å². The minimum atomic E-state index is -4.98. The molecule has 11 nitrogen and oxygen atoms in total. The van der Waals surface area contributed by atoms with Crippen molar-refractivity contribution >= 4 is 42.7 Å². The number of sulfonamides is 1. The predicted molar refractivity (Wildman–Crippen MR) is 148 cm³/mol. The molecular formula is C26H22F6N6O5S2. The van der Waals surface area contributed by atoms with Crippen molar-refractivity contribution in [1.29, 1.82) is 0 Å². The Kier molecular flexibility index (Phi) is 8.78. The van der Waals surface area contributed by atoms with Crippen LogP contribution in [0.25, 0.3) is 10.3 Å². The Hall–Kier alpha value is -4.23. The van der Waals surface area contributed by atoms with Gasteiger partial charge in [0, 0.05) is 26.2 Å². The molecule has 1 aliphatic rings. The monoisotopic (exact) mass is 676 g/mol. The lowest BCUT2D eigenvalue weighted by molar-refractivity contribution is -0.275. The van der Waals surface area contributed by atoms with Crippen LogP contribution in [0.15, 0.2) is 59.6 Å². The Morgan fingerprint density at radius 1 is 0.956 bits per heavy atom. The van der Waals surface area contributed by atoms with E-state index in [2.05, 4.69) is 29.7 Å². The second-order valence-electron chi connectivity index (χ2n) is 9.61. The molecule has 240 valence electrons. The summed E-state index contributed by atoms with van der Waals surface area (Å²) in [6.07, 6.45) is -8.25. The third kappa shape index (κ3) is 7.90. The largest absolute Gasteiger partial charge is 0.573 e. The number of nitrogens with one attached hydrogen (secondary N) is 1. The fraction of sp³-hybridized carbons (Fsp3) is 0.308. The first-order valence-corrected chi connectivity index (χ1v) is 15.2. The van der Waals surface area contributed by atoms with Crippen molar-refractivity contribution in [2.75, 3.05) is 24.5 Å². The number of amides is 1. The van der Waals surface area contributed by atoms with E-state index in [9.17, 15) is 39.6 Å². The third-order valence-electron chi connectivity index (χ3n) is 6.45. The summed E-state index contributed by atoms with van der Waals surface area (Å²) in [6.45, 7) is 1.32. The summed E-state index contributed by atoms with van der Waals surface area (Å²) in [5.41, 5.74) is 0.831. The predicted octanol–water partition coefficient (Wildman–Crippen LogP) is 4.39. The molecule has 1 amide bonds. The minimum absolute atomic E-state index is 0.116. The smallest absolute Gasteiger partial charge is 0.406 e. The molecule has 2 aromatic carbocycles. The van der Waals surface area contributed by atoms with Gasteiger partial charge in [-0.05, 0) is 48.9 Å². The van der Waals surface area contributed by atoms with E-state index in [4.69, 9.17) is 0 Å². The van der Waals surface area contributed by atoms with Crippen molar-refractivity contribution in [3.63, 3.8) is 0 Å². The molecule has 0 saturated carbocycles. The molecule has 0 radical (unpaired) electrons. The SMILES string of the molecule is Cc1ncc2sc(N3CCN(S(=O)(=O)c4ccc(OC(F)(F)F)cc4)[C@@H](C(=O)NCc4ccc(OC(F)(F)F)cc4)C3)nc2n1. The normalized spacial score (nSPS) is 16.5. The van der Waals surface area contributed by atoms with Crippen molar-refractivity contribution in [3.8, 4) is 11.5 Å². The molecule has 0 unspecified atom stereocenters. The summed E-state index contributed by atoms with van der Waals surface area (Å²) < 4.78 is 112. The van der Waals surface area contributed by atoms with E-state index in [-0.39, 0.29) is 31.1 Å². The molecule has 2 aromatic heterocycles. The van der Waals surface area contributed by atoms with Gasteiger partial charge in [0.25, 0.3) is 0 Å². The summed E-state index contributed by atoms with van der Waals surface area (Å²) >= 11 is 1.25. The second-order valence-corrected chi connectivity index (χ2v) is 12.5. The summed E-state index contributed by atoms with van der Waals surface area (Å²) in [5, 5.41) is 3.08. The van der Waals surface area contributed by atoms with Gasteiger partial charge in [-0.2, -0.15) is 9.29 Å². The van der Waals surface area contributed by atoms with Gasteiger partial charge in [0.1, 0.15) is 23.4 Å². The lowest BCUT2D eigenvalue weighted by atomic mass is 10.1. The molecule has 19 heteroatoms. The van der Waals surface area contributed by atoms with Gasteiger partial charge in [0.2, 0.25) is 15.9 Å². The highest BCUT2D eigenvalue weighted by Gasteiger charge is 2.41. The molecule has 5 rings (SSSR count). The van der Waals surface area contributed by atoms with E-state index >= 15 is 0 Å². The van der Waals surface area contributed by atoms with Crippen LogP contribution >= 0.6 is 11.3 Å². The van der Waals surface area contributed by atoms with Gasteiger partial charge in [-0.15, -0.1) is 26.3 Å². The number of thiazole rings is 1. The van der Waals surface area contributed by atoms with Gasteiger partial charge in [-0.25, -0.2) is 18.4 Å². The number of halogens is 6. The highest BCUT2D eigenvalue weighted by molar-refractivity contribution is 7.89. The molecule has 0 bridgehead atoms. The fourth-order valence-corrected chi connectivity index (χ4v) is 6.93. The van der Waals surface area contributed by atoms with Crippen LogP contribution in [-0.4, -0.2) is 72.0 Å². The number of aryl methyl sites for hydroxylation is 1. The van der Waals surface area contributed by atoms with Gasteiger partial charge in [-0.1, -0.05) is 23.5 Å². The summed E-state index contributed by atoms with van der Waals surface area (Å²) in [5.74, 6) is -1.31. The molecule has 45 heavy (non-hydrogen) atoms. The zero-order valence-electron chi connectivity index (χ0n) is 23.0. The lowest BCUT2D eigenvalue weighted by Crippen LogP contribution is -2.60. The van der Waals surface area contributed by atoms with Crippen LogP contribution in [-0.2, 0) is 21.4 Å². The van der Waals surface area contributed by atoms with Gasteiger partial charge in [0.05, 0.1) is 15.8 Å². The Bertz CT molecular complexity index is 1780. The molecule has 4 aromatic rings. The first-order valence-electron chi connectivity index (χ1n) is 12.9. The number of hydrogen-bond acceptors (Lipinski definition) is 10. The van der Waals surface area contributed by atoms with Gasteiger partial charge in [0.15, 0.2) is 10.8 Å². The highest BCUT2D eigenvalue weighted by atomic mass is 32.2. The van der Waals surface area contributed by atoms with Gasteiger partial charge >= 0.3 is 12.7 Å². The van der Waals surface area contributed by atoms with E-state index in [1.54, 1.807) is 18.0 Å². The van der Waals surface area contributed by atoms with Crippen molar-refractivity contribution in [2.24, 2.45) is 0 Å². The van der Waals surface area contributed by atoms with Crippen LogP contribution in [0.5, 0.6) is 11.5 Å². The van der Waals surface area contributed by atoms with Crippen LogP contribution in [0.1, 0.15) is 11.4 Å². The average Bonchev–Trinajstić information content (AvgIpc) is 3.38. The number of carbonyl (C=O) groups is 1. The maximum Gasteiger partial charge on any atom is 0.573 e. The topological polar surface area (TPSA) is 127 Å². The van der Waals surface area contributed by atoms with Crippen LogP contribution in [0, 0.1) is 6.92 Å². The Morgan fingerprint density at radius 2 is 1.56 bits per heavy atom. The van der Waals surface area contributed by atoms with Gasteiger partial charge in [-0.3, -0.25) is 4.79 Å². The number of alkyl halides is 6. The van der Waals surface area contributed by atoms with E-state index in [0.29, 0.717) is 26.9 Å². The quantitative estimate of drug-likeness (QED) is 0.271. The first kappa shape index (κ1) is 32.2. The molecule has 0 spiro atoms. The Balaban J connectivity index is 1.38. The second kappa shape index (κ2) is 12.3. The molecule has 1 aliphatic heterocycles. The van der Waals surface area contributed by atoms with Crippen LogP contribution in [0.4, 0.5) is 31.5 Å². The van der Waals surface area contributed by atoms with Crippen LogP contribution in [0.3, 0.4) is 0 Å².